The topological polar surface area (TPSA) is 74.7 Å². The summed E-state index contributed by atoms with van der Waals surface area (Å²) in [6, 6.07) is 5.38. The molecule has 0 heterocycles. The second kappa shape index (κ2) is 6.06. The monoisotopic (exact) mass is 285 g/mol. The molecule has 0 fully saturated rings. The zero-order chi connectivity index (χ0) is 14.6. The zero-order valence-electron chi connectivity index (χ0n) is 11.4. The van der Waals surface area contributed by atoms with Gasteiger partial charge in [-0.3, -0.25) is 9.10 Å². The van der Waals surface area contributed by atoms with E-state index in [-0.39, 0.29) is 18.7 Å². The standard InChI is InChI=1S/C13H19NO4S/c1-4-19(17,18)14(9-8-13(15)16)12-7-5-6-10(2)11(12)3/h5-7H,4,8-9H2,1-3H3,(H,15,16). The highest BCUT2D eigenvalue weighted by Crippen LogP contribution is 2.25. The van der Waals surface area contributed by atoms with Crippen LogP contribution >= 0.6 is 0 Å². The van der Waals surface area contributed by atoms with Crippen molar-refractivity contribution in [1.29, 1.82) is 0 Å². The van der Waals surface area contributed by atoms with Gasteiger partial charge in [0.25, 0.3) is 0 Å². The van der Waals surface area contributed by atoms with Crippen molar-refractivity contribution in [2.75, 3.05) is 16.6 Å². The summed E-state index contributed by atoms with van der Waals surface area (Å²) >= 11 is 0. The van der Waals surface area contributed by atoms with Gasteiger partial charge in [-0.05, 0) is 38.0 Å². The number of anilines is 1. The predicted molar refractivity (Wildman–Crippen MR) is 75.0 cm³/mol. The van der Waals surface area contributed by atoms with E-state index < -0.39 is 16.0 Å². The summed E-state index contributed by atoms with van der Waals surface area (Å²) in [6.45, 7) is 5.24. The highest BCUT2D eigenvalue weighted by atomic mass is 32.2. The average Bonchev–Trinajstić information content (AvgIpc) is 2.34. The van der Waals surface area contributed by atoms with Crippen LogP contribution in [0.1, 0.15) is 24.5 Å². The normalized spacial score (nSPS) is 11.3. The van der Waals surface area contributed by atoms with Crippen molar-refractivity contribution in [3.05, 3.63) is 29.3 Å². The lowest BCUT2D eigenvalue weighted by Crippen LogP contribution is -2.34. The largest absolute Gasteiger partial charge is 0.481 e. The molecular formula is C13H19NO4S. The van der Waals surface area contributed by atoms with Gasteiger partial charge in [-0.15, -0.1) is 0 Å². The summed E-state index contributed by atoms with van der Waals surface area (Å²) in [5.41, 5.74) is 2.39. The first kappa shape index (κ1) is 15.5. The molecular weight excluding hydrogens is 266 g/mol. The van der Waals surface area contributed by atoms with E-state index in [1.807, 2.05) is 19.9 Å². The van der Waals surface area contributed by atoms with Gasteiger partial charge in [-0.1, -0.05) is 12.1 Å². The summed E-state index contributed by atoms with van der Waals surface area (Å²) < 4.78 is 25.4. The molecule has 0 saturated carbocycles. The smallest absolute Gasteiger partial charge is 0.305 e. The second-order valence-corrected chi connectivity index (χ2v) is 6.52. The molecule has 0 atom stereocenters. The van der Waals surface area contributed by atoms with Crippen LogP contribution < -0.4 is 4.31 Å². The molecule has 0 bridgehead atoms. The van der Waals surface area contributed by atoms with Crippen molar-refractivity contribution in [3.8, 4) is 0 Å². The number of carboxylic acid groups (broad SMARTS) is 1. The molecule has 0 spiro atoms. The summed E-state index contributed by atoms with van der Waals surface area (Å²) in [4.78, 5) is 10.7. The Labute approximate surface area is 113 Å². The van der Waals surface area contributed by atoms with Gasteiger partial charge in [0, 0.05) is 6.54 Å². The molecule has 5 nitrogen and oxygen atoms in total. The summed E-state index contributed by atoms with van der Waals surface area (Å²) in [5.74, 6) is -1.07. The molecule has 0 aliphatic heterocycles. The van der Waals surface area contributed by atoms with E-state index in [0.717, 1.165) is 11.1 Å². The molecule has 6 heteroatoms. The fraction of sp³-hybridized carbons (Fsp3) is 0.462. The number of aryl methyl sites for hydroxylation is 1. The molecule has 0 saturated heterocycles. The van der Waals surface area contributed by atoms with Gasteiger partial charge < -0.3 is 5.11 Å². The Morgan fingerprint density at radius 3 is 2.47 bits per heavy atom. The number of nitrogens with zero attached hydrogens (tertiary/aromatic N) is 1. The molecule has 0 amide bonds. The number of carboxylic acids is 1. The fourth-order valence-electron chi connectivity index (χ4n) is 1.77. The second-order valence-electron chi connectivity index (χ2n) is 4.34. The van der Waals surface area contributed by atoms with Gasteiger partial charge in [-0.2, -0.15) is 0 Å². The Bertz CT molecular complexity index is 566. The van der Waals surface area contributed by atoms with Crippen LogP contribution in [0.5, 0.6) is 0 Å². The Kier molecular flexibility index (Phi) is 4.94. The van der Waals surface area contributed by atoms with Gasteiger partial charge in [0.15, 0.2) is 0 Å². The predicted octanol–water partition coefficient (Wildman–Crippen LogP) is 1.93. The summed E-state index contributed by atoms with van der Waals surface area (Å²) in [5, 5.41) is 8.75. The number of sulfonamides is 1. The first-order valence-electron chi connectivity index (χ1n) is 6.08. The molecule has 0 unspecified atom stereocenters. The van der Waals surface area contributed by atoms with Gasteiger partial charge in [-0.25, -0.2) is 8.42 Å². The van der Waals surface area contributed by atoms with Crippen molar-refractivity contribution < 1.29 is 18.3 Å². The van der Waals surface area contributed by atoms with Crippen molar-refractivity contribution in [2.24, 2.45) is 0 Å². The van der Waals surface area contributed by atoms with E-state index in [1.165, 1.54) is 4.31 Å². The molecule has 1 rings (SSSR count). The number of hydrogen-bond donors (Lipinski definition) is 1. The van der Waals surface area contributed by atoms with E-state index in [4.69, 9.17) is 5.11 Å². The molecule has 0 radical (unpaired) electrons. The van der Waals surface area contributed by atoms with E-state index in [2.05, 4.69) is 0 Å². The van der Waals surface area contributed by atoms with Crippen LogP contribution in [-0.2, 0) is 14.8 Å². The van der Waals surface area contributed by atoms with Crippen LogP contribution in [0.15, 0.2) is 18.2 Å². The van der Waals surface area contributed by atoms with E-state index >= 15 is 0 Å². The number of rotatable bonds is 6. The van der Waals surface area contributed by atoms with Crippen molar-refractivity contribution in [1.82, 2.24) is 0 Å². The third-order valence-electron chi connectivity index (χ3n) is 3.07. The Balaban J connectivity index is 3.23. The van der Waals surface area contributed by atoms with Crippen LogP contribution in [0, 0.1) is 13.8 Å². The molecule has 0 aliphatic carbocycles. The average molecular weight is 285 g/mol. The maximum absolute atomic E-state index is 12.1. The lowest BCUT2D eigenvalue weighted by atomic mass is 10.1. The lowest BCUT2D eigenvalue weighted by Gasteiger charge is -2.25. The van der Waals surface area contributed by atoms with Crippen LogP contribution in [0.25, 0.3) is 0 Å². The van der Waals surface area contributed by atoms with E-state index in [1.54, 1.807) is 19.1 Å². The highest BCUT2D eigenvalue weighted by Gasteiger charge is 2.23. The Morgan fingerprint density at radius 2 is 1.95 bits per heavy atom. The summed E-state index contributed by atoms with van der Waals surface area (Å²) in [6.07, 6.45) is -0.216. The first-order chi connectivity index (χ1) is 8.79. The molecule has 106 valence electrons. The fourth-order valence-corrected chi connectivity index (χ4v) is 2.95. The zero-order valence-corrected chi connectivity index (χ0v) is 12.2. The number of carbonyl (C=O) groups is 1. The van der Waals surface area contributed by atoms with Crippen LogP contribution in [0.4, 0.5) is 5.69 Å². The molecule has 19 heavy (non-hydrogen) atoms. The number of hydrogen-bond acceptors (Lipinski definition) is 3. The molecule has 1 aromatic rings. The van der Waals surface area contributed by atoms with Crippen molar-refractivity contribution in [2.45, 2.75) is 27.2 Å². The molecule has 1 aromatic carbocycles. The van der Waals surface area contributed by atoms with Crippen LogP contribution in [-0.4, -0.2) is 31.8 Å². The van der Waals surface area contributed by atoms with Gasteiger partial charge in [0.05, 0.1) is 17.9 Å². The maximum Gasteiger partial charge on any atom is 0.305 e. The van der Waals surface area contributed by atoms with Crippen molar-refractivity contribution >= 4 is 21.7 Å². The molecule has 1 N–H and O–H groups in total. The van der Waals surface area contributed by atoms with Crippen molar-refractivity contribution in [3.63, 3.8) is 0 Å². The summed E-state index contributed by atoms with van der Waals surface area (Å²) in [7, 11) is -3.48. The minimum absolute atomic E-state index is 0.0458. The van der Waals surface area contributed by atoms with Gasteiger partial charge in [0.1, 0.15) is 0 Å². The lowest BCUT2D eigenvalue weighted by molar-refractivity contribution is -0.136. The minimum Gasteiger partial charge on any atom is -0.481 e. The highest BCUT2D eigenvalue weighted by molar-refractivity contribution is 7.92. The maximum atomic E-state index is 12.1. The Hall–Kier alpha value is -1.56. The quantitative estimate of drug-likeness (QED) is 0.866. The first-order valence-corrected chi connectivity index (χ1v) is 7.69. The number of benzene rings is 1. The number of aliphatic carboxylic acids is 1. The van der Waals surface area contributed by atoms with Crippen LogP contribution in [0.3, 0.4) is 0 Å². The third-order valence-corrected chi connectivity index (χ3v) is 4.85. The van der Waals surface area contributed by atoms with E-state index in [9.17, 15) is 13.2 Å². The third kappa shape index (κ3) is 3.70. The van der Waals surface area contributed by atoms with Gasteiger partial charge in [0.2, 0.25) is 10.0 Å². The Morgan fingerprint density at radius 1 is 1.32 bits per heavy atom. The SMILES string of the molecule is CCS(=O)(=O)N(CCC(=O)O)c1cccc(C)c1C. The minimum atomic E-state index is -3.48. The van der Waals surface area contributed by atoms with Crippen LogP contribution in [0.2, 0.25) is 0 Å². The van der Waals surface area contributed by atoms with Gasteiger partial charge >= 0.3 is 5.97 Å². The molecule has 0 aromatic heterocycles. The molecule has 0 aliphatic rings. The van der Waals surface area contributed by atoms with E-state index in [0.29, 0.717) is 5.69 Å².